The van der Waals surface area contributed by atoms with Gasteiger partial charge >= 0.3 is 0 Å². The van der Waals surface area contributed by atoms with E-state index in [0.29, 0.717) is 18.4 Å². The Balaban J connectivity index is 1.82. The van der Waals surface area contributed by atoms with Crippen LogP contribution in [0.15, 0.2) is 18.2 Å². The minimum Gasteiger partial charge on any atom is -0.346 e. The maximum atomic E-state index is 12.7. The lowest BCUT2D eigenvalue weighted by Crippen LogP contribution is -2.36. The molecule has 1 aliphatic heterocycles. The molecule has 0 bridgehead atoms. The summed E-state index contributed by atoms with van der Waals surface area (Å²) in [6.45, 7) is 7.87. The molecule has 1 aromatic heterocycles. The van der Waals surface area contributed by atoms with Crippen LogP contribution in [0.3, 0.4) is 0 Å². The smallest absolute Gasteiger partial charge is 0.233 e. The number of allylic oxidation sites excluding steroid dienone is 2. The second-order valence-corrected chi connectivity index (χ2v) is 7.09. The average Bonchev–Trinajstić information content (AvgIpc) is 2.97. The molecule has 24 heavy (non-hydrogen) atoms. The van der Waals surface area contributed by atoms with Gasteiger partial charge in [-0.2, -0.15) is 0 Å². The Labute approximate surface area is 142 Å². The third-order valence-electron chi connectivity index (χ3n) is 5.20. The number of fused-ring (bicyclic) bond motifs is 1. The molecule has 0 radical (unpaired) electrons. The summed E-state index contributed by atoms with van der Waals surface area (Å²) in [5, 5.41) is 0. The molecule has 5 nitrogen and oxygen atoms in total. The summed E-state index contributed by atoms with van der Waals surface area (Å²) in [6.07, 6.45) is 5.10. The molecule has 3 rings (SSSR count). The highest BCUT2D eigenvalue weighted by Gasteiger charge is 2.47. The zero-order valence-corrected chi connectivity index (χ0v) is 14.7. The van der Waals surface area contributed by atoms with Gasteiger partial charge in [0.25, 0.3) is 0 Å². The van der Waals surface area contributed by atoms with Gasteiger partial charge in [-0.15, -0.1) is 0 Å². The van der Waals surface area contributed by atoms with Crippen LogP contribution in [0, 0.1) is 25.7 Å². The average molecular weight is 328 g/mol. The summed E-state index contributed by atoms with van der Waals surface area (Å²) in [6, 6.07) is 2.12. The van der Waals surface area contributed by atoms with E-state index in [4.69, 9.17) is 0 Å². The van der Waals surface area contributed by atoms with Gasteiger partial charge in [-0.25, -0.2) is 0 Å². The molecule has 2 heterocycles. The maximum Gasteiger partial charge on any atom is 0.233 e. The second-order valence-electron chi connectivity index (χ2n) is 7.09. The number of aryl methyl sites for hydroxylation is 1. The Kier molecular flexibility index (Phi) is 4.20. The molecule has 2 aliphatic rings. The van der Waals surface area contributed by atoms with E-state index >= 15 is 0 Å². The highest BCUT2D eigenvalue weighted by atomic mass is 16.2. The van der Waals surface area contributed by atoms with E-state index in [1.54, 1.807) is 0 Å². The van der Waals surface area contributed by atoms with E-state index < -0.39 is 0 Å². The predicted octanol–water partition coefficient (Wildman–Crippen LogP) is 2.82. The van der Waals surface area contributed by atoms with Gasteiger partial charge in [0.2, 0.25) is 11.8 Å². The first-order valence-corrected chi connectivity index (χ1v) is 8.54. The molecule has 1 saturated heterocycles. The molecule has 2 amide bonds. The fourth-order valence-electron chi connectivity index (χ4n) is 4.11. The van der Waals surface area contributed by atoms with Crippen LogP contribution < -0.4 is 0 Å². The molecule has 0 N–H and O–H groups in total. The monoisotopic (exact) mass is 328 g/mol. The van der Waals surface area contributed by atoms with Crippen LogP contribution in [-0.4, -0.2) is 33.6 Å². The summed E-state index contributed by atoms with van der Waals surface area (Å²) < 4.78 is 2.10. The minimum atomic E-state index is -0.279. The molecule has 1 aromatic rings. The normalized spacial score (nSPS) is 23.3. The summed E-state index contributed by atoms with van der Waals surface area (Å²) in [5.41, 5.74) is 2.52. The van der Waals surface area contributed by atoms with E-state index in [0.717, 1.165) is 11.4 Å². The standard InChI is InChI=1S/C19H24N2O3/c1-11(2)21-12(3)9-16(13(21)4)17(22)10-20-18(23)14-7-5-6-8-15(14)19(20)24/h5-6,9,11,14-15H,7-8,10H2,1-4H3/t14-,15-/m1/s1. The minimum absolute atomic E-state index is 0.146. The van der Waals surface area contributed by atoms with Gasteiger partial charge in [0.15, 0.2) is 5.78 Å². The number of nitrogens with zero attached hydrogens (tertiary/aromatic N) is 2. The van der Waals surface area contributed by atoms with Crippen molar-refractivity contribution in [3.63, 3.8) is 0 Å². The Hall–Kier alpha value is -2.17. The third-order valence-corrected chi connectivity index (χ3v) is 5.20. The van der Waals surface area contributed by atoms with Crippen LogP contribution in [-0.2, 0) is 9.59 Å². The highest BCUT2D eigenvalue weighted by Crippen LogP contribution is 2.35. The number of rotatable bonds is 4. The number of carbonyl (C=O) groups excluding carboxylic acids is 3. The zero-order chi connectivity index (χ0) is 17.6. The van der Waals surface area contributed by atoms with Crippen molar-refractivity contribution in [2.75, 3.05) is 6.54 Å². The van der Waals surface area contributed by atoms with Gasteiger partial charge in [0.05, 0.1) is 18.4 Å². The molecule has 1 fully saturated rings. The number of hydrogen-bond donors (Lipinski definition) is 0. The number of Topliss-reactive ketones (excluding diaryl/α,β-unsaturated/α-hetero) is 1. The number of aromatic nitrogens is 1. The SMILES string of the molecule is Cc1cc(C(=O)CN2C(=O)[C@@H]3CC=CC[C@H]3C2=O)c(C)n1C(C)C. The summed E-state index contributed by atoms with van der Waals surface area (Å²) >= 11 is 0. The fourth-order valence-corrected chi connectivity index (χ4v) is 4.11. The Morgan fingerprint density at radius 1 is 1.12 bits per heavy atom. The van der Waals surface area contributed by atoms with Crippen molar-refractivity contribution in [2.45, 2.75) is 46.6 Å². The summed E-state index contributed by atoms with van der Waals surface area (Å²) in [7, 11) is 0. The molecule has 0 saturated carbocycles. The number of amides is 2. The van der Waals surface area contributed by atoms with E-state index in [1.807, 2.05) is 32.1 Å². The molecular formula is C19H24N2O3. The van der Waals surface area contributed by atoms with E-state index in [2.05, 4.69) is 18.4 Å². The van der Waals surface area contributed by atoms with Crippen LogP contribution >= 0.6 is 0 Å². The molecule has 0 unspecified atom stereocenters. The van der Waals surface area contributed by atoms with Crippen molar-refractivity contribution in [1.29, 1.82) is 0 Å². The third kappa shape index (κ3) is 2.52. The first kappa shape index (κ1) is 16.7. The Morgan fingerprint density at radius 2 is 1.67 bits per heavy atom. The lowest BCUT2D eigenvalue weighted by atomic mass is 9.85. The van der Waals surface area contributed by atoms with E-state index in [-0.39, 0.29) is 42.0 Å². The molecule has 2 atom stereocenters. The molecule has 0 spiro atoms. The molecule has 5 heteroatoms. The van der Waals surface area contributed by atoms with Gasteiger partial charge in [-0.1, -0.05) is 12.2 Å². The number of likely N-dealkylation sites (tertiary alicyclic amines) is 1. The molecule has 128 valence electrons. The fraction of sp³-hybridized carbons (Fsp3) is 0.526. The van der Waals surface area contributed by atoms with Crippen LogP contribution in [0.1, 0.15) is 54.5 Å². The number of ketones is 1. The van der Waals surface area contributed by atoms with Crippen molar-refractivity contribution in [2.24, 2.45) is 11.8 Å². The first-order chi connectivity index (χ1) is 11.3. The maximum absolute atomic E-state index is 12.7. The highest BCUT2D eigenvalue weighted by molar-refractivity contribution is 6.10. The van der Waals surface area contributed by atoms with Crippen LogP contribution in [0.25, 0.3) is 0 Å². The first-order valence-electron chi connectivity index (χ1n) is 8.54. The van der Waals surface area contributed by atoms with Crippen molar-refractivity contribution in [3.05, 3.63) is 35.2 Å². The Bertz CT molecular complexity index is 716. The number of carbonyl (C=O) groups is 3. The lowest BCUT2D eigenvalue weighted by molar-refractivity contribution is -0.139. The lowest BCUT2D eigenvalue weighted by Gasteiger charge is -2.15. The van der Waals surface area contributed by atoms with Crippen LogP contribution in [0.4, 0.5) is 0 Å². The quantitative estimate of drug-likeness (QED) is 0.485. The number of hydrogen-bond acceptors (Lipinski definition) is 3. The van der Waals surface area contributed by atoms with E-state index in [1.165, 1.54) is 4.90 Å². The number of imide groups is 1. The van der Waals surface area contributed by atoms with E-state index in [9.17, 15) is 14.4 Å². The van der Waals surface area contributed by atoms with Gasteiger partial charge in [0, 0.05) is 23.0 Å². The van der Waals surface area contributed by atoms with Crippen molar-refractivity contribution in [1.82, 2.24) is 9.47 Å². The van der Waals surface area contributed by atoms with Crippen LogP contribution in [0.5, 0.6) is 0 Å². The van der Waals surface area contributed by atoms with Crippen molar-refractivity contribution >= 4 is 17.6 Å². The summed E-state index contributed by atoms with van der Waals surface area (Å²) in [5.74, 6) is -1.11. The molecular weight excluding hydrogens is 304 g/mol. The Morgan fingerprint density at radius 3 is 2.12 bits per heavy atom. The summed E-state index contributed by atoms with van der Waals surface area (Å²) in [4.78, 5) is 38.9. The van der Waals surface area contributed by atoms with Crippen LogP contribution in [0.2, 0.25) is 0 Å². The van der Waals surface area contributed by atoms with Gasteiger partial charge in [-0.05, 0) is 46.6 Å². The van der Waals surface area contributed by atoms with Gasteiger partial charge in [-0.3, -0.25) is 19.3 Å². The van der Waals surface area contributed by atoms with Gasteiger partial charge in [0.1, 0.15) is 0 Å². The molecule has 0 aromatic carbocycles. The largest absolute Gasteiger partial charge is 0.346 e. The topological polar surface area (TPSA) is 59.4 Å². The predicted molar refractivity (Wildman–Crippen MR) is 90.7 cm³/mol. The second kappa shape index (κ2) is 6.04. The van der Waals surface area contributed by atoms with Crippen molar-refractivity contribution < 1.29 is 14.4 Å². The molecule has 1 aliphatic carbocycles. The van der Waals surface area contributed by atoms with Crippen molar-refractivity contribution in [3.8, 4) is 0 Å². The van der Waals surface area contributed by atoms with Gasteiger partial charge < -0.3 is 4.57 Å². The zero-order valence-electron chi connectivity index (χ0n) is 14.7.